The number of nitrogens with one attached hydrogen (secondary N) is 3. The van der Waals surface area contributed by atoms with Gasteiger partial charge in [-0.05, 0) is 47.0 Å². The number of amides is 3. The fourth-order valence-electron chi connectivity index (χ4n) is 11.4. The molecule has 14 rings (SSSR count). The highest BCUT2D eigenvalue weighted by Gasteiger charge is 2.44. The van der Waals surface area contributed by atoms with Gasteiger partial charge in [0.25, 0.3) is 17.7 Å². The molecule has 3 amide bonds. The van der Waals surface area contributed by atoms with Crippen LogP contribution >= 0.6 is 34.0 Å². The predicted octanol–water partition coefficient (Wildman–Crippen LogP) is 9.86. The molecular formula is C61H65F9N26O4S3. The van der Waals surface area contributed by atoms with E-state index in [1.165, 1.54) is 59.7 Å². The summed E-state index contributed by atoms with van der Waals surface area (Å²) in [4.78, 5) is 102. The van der Waals surface area contributed by atoms with E-state index in [4.69, 9.17) is 4.74 Å². The Morgan fingerprint density at radius 2 is 0.854 bits per heavy atom. The van der Waals surface area contributed by atoms with Gasteiger partial charge in [-0.3, -0.25) is 33.8 Å². The number of nitrogens with zero attached hydrogens (tertiary/aromatic N) is 23. The molecule has 9 aromatic rings. The molecule has 2 saturated heterocycles. The Morgan fingerprint density at radius 3 is 1.22 bits per heavy atom. The summed E-state index contributed by atoms with van der Waals surface area (Å²) in [7, 11) is 12.3. The molecule has 2 fully saturated rings. The number of carbonyl (C=O) groups excluding carboxylic acids is 3. The average Bonchev–Trinajstić information content (AvgIpc) is 1.63. The summed E-state index contributed by atoms with van der Waals surface area (Å²) >= 11 is 3.61. The van der Waals surface area contributed by atoms with E-state index in [9.17, 15) is 53.9 Å². The number of pyridine rings is 2. The van der Waals surface area contributed by atoms with Gasteiger partial charge in [-0.1, -0.05) is 0 Å². The second-order valence-electron chi connectivity index (χ2n) is 24.1. The monoisotopic (exact) mass is 1490 g/mol. The van der Waals surface area contributed by atoms with Crippen molar-refractivity contribution in [1.29, 1.82) is 0 Å². The third-order valence-corrected chi connectivity index (χ3v) is 19.6. The summed E-state index contributed by atoms with van der Waals surface area (Å²) in [6.45, 7) is 8.00. The number of ether oxygens (including phenoxy) is 1. The minimum Gasteiger partial charge on any atom is -0.493 e. The van der Waals surface area contributed by atoms with E-state index >= 15 is 0 Å². The second-order valence-corrected chi connectivity index (χ2v) is 27.6. The fraction of sp³-hybridized carbons (Fsp3) is 0.393. The number of alkyl halides is 9. The van der Waals surface area contributed by atoms with Crippen molar-refractivity contribution in [2.45, 2.75) is 39.3 Å². The number of aryl methyl sites for hydroxylation is 4. The molecule has 0 bridgehead atoms. The third-order valence-electron chi connectivity index (χ3n) is 16.5. The van der Waals surface area contributed by atoms with Crippen LogP contribution in [-0.2, 0) is 7.05 Å². The van der Waals surface area contributed by atoms with Gasteiger partial charge in [0, 0.05) is 92.8 Å². The van der Waals surface area contributed by atoms with Crippen molar-refractivity contribution in [3.8, 4) is 5.75 Å². The lowest BCUT2D eigenvalue weighted by molar-refractivity contribution is -0.119. The Labute approximate surface area is 593 Å². The highest BCUT2D eigenvalue weighted by molar-refractivity contribution is 7.17. The summed E-state index contributed by atoms with van der Waals surface area (Å²) in [5.74, 6) is -0.437. The van der Waals surface area contributed by atoms with Crippen molar-refractivity contribution in [3.63, 3.8) is 0 Å². The Kier molecular flexibility index (Phi) is 20.2. The molecule has 5 aliphatic rings. The zero-order valence-corrected chi connectivity index (χ0v) is 59.0. The molecule has 0 aliphatic carbocycles. The maximum absolute atomic E-state index is 13.4. The molecule has 544 valence electrons. The summed E-state index contributed by atoms with van der Waals surface area (Å²) in [5, 5.41) is 15.9. The van der Waals surface area contributed by atoms with Crippen LogP contribution in [0.4, 0.5) is 136 Å². The molecule has 0 unspecified atom stereocenters. The number of hydrogen-bond acceptors (Lipinski definition) is 29. The van der Waals surface area contributed by atoms with Crippen LogP contribution in [-0.4, -0.2) is 225 Å². The molecule has 9 aromatic heterocycles. The lowest BCUT2D eigenvalue weighted by atomic mass is 10.2. The molecule has 42 heteroatoms. The van der Waals surface area contributed by atoms with Gasteiger partial charge in [-0.25, -0.2) is 39.9 Å². The van der Waals surface area contributed by atoms with Crippen LogP contribution in [0.25, 0.3) is 0 Å². The highest BCUT2D eigenvalue weighted by atomic mass is 32.1. The first-order chi connectivity index (χ1) is 48.7. The first-order valence-electron chi connectivity index (χ1n) is 31.3. The summed E-state index contributed by atoms with van der Waals surface area (Å²) in [5.41, 5.74) is 2.21. The smallest absolute Gasteiger partial charge is 0.406 e. The fourth-order valence-corrected chi connectivity index (χ4v) is 14.0. The number of piperazine rings is 2. The zero-order valence-electron chi connectivity index (χ0n) is 56.6. The standard InChI is InChI=1S/C23H26F3N9O2S.C22H24F3N9OS.C16H15F3N8OS/c1-13-29-17-20(36)35(12-23(24,25)26)15-11-28-22(31-19(15)33(3)21(17)38-13)30-18-16(37-4)9-14(10-27-18)34-7-5-32(2)6-8-34;1-13-28-17-19(35)34(12-22(23,24)25)15-11-27-21(30-18(15)32(3)20(17)36-13)29-16-5-4-14(10-26-16)33-8-6-31(2)7-9-33;1-8-22-11-13(28)27(7-16(17,18)19)10-5-20-15(23-9-4-21-25(2)6-9)24-12(10)26(3)14(11)29-8/h9-11H,5-8,12H2,1-4H3,(H,27,28,30,31);4-5,10-11H,6-9,12H2,1-3H3,(H,26,27,29,30);4-6H,7H2,1-3H3,(H,20,23,24). The van der Waals surface area contributed by atoms with Gasteiger partial charge < -0.3 is 55.0 Å². The number of carbonyl (C=O) groups is 3. The molecule has 0 spiro atoms. The van der Waals surface area contributed by atoms with Crippen molar-refractivity contribution in [2.75, 3.05) is 169 Å². The van der Waals surface area contributed by atoms with Crippen LogP contribution in [0.5, 0.6) is 5.75 Å². The summed E-state index contributed by atoms with van der Waals surface area (Å²) < 4.78 is 127. The maximum Gasteiger partial charge on any atom is 0.406 e. The molecule has 0 radical (unpaired) electrons. The largest absolute Gasteiger partial charge is 0.493 e. The number of hydrogen-bond donors (Lipinski definition) is 3. The number of anilines is 17. The molecule has 5 aliphatic heterocycles. The summed E-state index contributed by atoms with van der Waals surface area (Å²) in [6, 6.07) is 5.62. The Bertz CT molecular complexity index is 4630. The molecular weight excluding hydrogens is 1430 g/mol. The van der Waals surface area contributed by atoms with E-state index in [-0.39, 0.29) is 69.4 Å². The van der Waals surface area contributed by atoms with Crippen molar-refractivity contribution < 1.29 is 58.6 Å². The number of likely N-dealkylation sites (N-methyl/N-ethyl adjacent to an activating group) is 2. The lowest BCUT2D eigenvalue weighted by Gasteiger charge is -2.34. The molecule has 3 N–H and O–H groups in total. The van der Waals surface area contributed by atoms with Gasteiger partial charge >= 0.3 is 18.5 Å². The number of fused-ring (bicyclic) bond motifs is 6. The highest BCUT2D eigenvalue weighted by Crippen LogP contribution is 2.46. The Hall–Kier alpha value is -10.5. The second kappa shape index (κ2) is 28.8. The number of rotatable bonds is 12. The van der Waals surface area contributed by atoms with E-state index in [0.717, 1.165) is 63.7 Å². The Morgan fingerprint density at radius 1 is 0.466 bits per heavy atom. The molecule has 103 heavy (non-hydrogen) atoms. The average molecular weight is 1490 g/mol. The lowest BCUT2D eigenvalue weighted by Crippen LogP contribution is -2.44. The number of thiazole rings is 3. The van der Waals surface area contributed by atoms with E-state index in [0.29, 0.717) is 67.8 Å². The van der Waals surface area contributed by atoms with Crippen molar-refractivity contribution in [3.05, 3.63) is 93.7 Å². The van der Waals surface area contributed by atoms with E-state index < -0.39 is 55.9 Å². The minimum absolute atomic E-state index is 0.0426. The normalized spacial score (nSPS) is 15.7. The van der Waals surface area contributed by atoms with Crippen LogP contribution < -0.4 is 59.9 Å². The zero-order chi connectivity index (χ0) is 73.7. The predicted molar refractivity (Wildman–Crippen MR) is 372 cm³/mol. The van der Waals surface area contributed by atoms with E-state index in [2.05, 4.69) is 110 Å². The molecule has 0 saturated carbocycles. The van der Waals surface area contributed by atoms with Gasteiger partial charge in [0.2, 0.25) is 17.8 Å². The van der Waals surface area contributed by atoms with Gasteiger partial charge in [0.15, 0.2) is 46.1 Å². The van der Waals surface area contributed by atoms with Crippen LogP contribution in [0.15, 0.2) is 61.6 Å². The number of halogens is 9. The SMILES string of the molecule is COc1cc(N2CCN(C)CC2)cnc1Nc1ncc2c(n1)N(C)c1sc(C)nc1C(=O)N2CC(F)(F)F.Cc1nc2c(s1)N(C)c1nc(Nc3ccc(N4CCN(C)CC4)cn3)ncc1N(CC(F)(F)F)C2=O.Cc1nc2c(s1)N(C)c1nc(Nc3cnn(C)c3)ncc1N(CC(F)(F)F)C2=O. The molecule has 14 heterocycles. The van der Waals surface area contributed by atoms with E-state index in [1.54, 1.807) is 99.2 Å². The minimum atomic E-state index is -4.64. The molecule has 0 atom stereocenters. The van der Waals surface area contributed by atoms with Gasteiger partial charge in [0.05, 0.1) is 76.4 Å². The van der Waals surface area contributed by atoms with Crippen molar-refractivity contribution in [1.82, 2.24) is 74.4 Å². The Balaban J connectivity index is 0.000000147. The van der Waals surface area contributed by atoms with Crippen molar-refractivity contribution in [2.24, 2.45) is 7.05 Å². The first-order valence-corrected chi connectivity index (χ1v) is 33.8. The molecule has 0 aromatic carbocycles. The van der Waals surface area contributed by atoms with Crippen LogP contribution in [0.3, 0.4) is 0 Å². The van der Waals surface area contributed by atoms with Crippen LogP contribution in [0, 0.1) is 20.8 Å². The van der Waals surface area contributed by atoms with Gasteiger partial charge in [0.1, 0.15) is 57.5 Å². The van der Waals surface area contributed by atoms with E-state index in [1.807, 2.05) is 12.1 Å². The quantitative estimate of drug-likeness (QED) is 0.0959. The topological polar surface area (TPSA) is 289 Å². The number of aromatic nitrogens is 13. The van der Waals surface area contributed by atoms with Crippen LogP contribution in [0.1, 0.15) is 46.5 Å². The van der Waals surface area contributed by atoms with Crippen molar-refractivity contribution >= 4 is 148 Å². The van der Waals surface area contributed by atoms with Gasteiger partial charge in [-0.2, -0.15) is 59.6 Å². The third kappa shape index (κ3) is 16.1. The van der Waals surface area contributed by atoms with Crippen LogP contribution in [0.2, 0.25) is 0 Å². The number of methoxy groups -OCH3 is 1. The maximum atomic E-state index is 13.4. The summed E-state index contributed by atoms with van der Waals surface area (Å²) in [6.07, 6.45) is -3.51. The van der Waals surface area contributed by atoms with Gasteiger partial charge in [-0.15, -0.1) is 34.0 Å². The molecule has 30 nitrogen and oxygen atoms in total. The first kappa shape index (κ1) is 72.3.